The number of amides is 1. The van der Waals surface area contributed by atoms with Crippen LogP contribution in [0, 0.1) is 6.92 Å². The minimum Gasteiger partial charge on any atom is -0.322 e. The van der Waals surface area contributed by atoms with Gasteiger partial charge >= 0.3 is 0 Å². The highest BCUT2D eigenvalue weighted by molar-refractivity contribution is 5.95. The van der Waals surface area contributed by atoms with Crippen molar-refractivity contribution in [1.29, 1.82) is 0 Å². The van der Waals surface area contributed by atoms with Crippen molar-refractivity contribution in [2.24, 2.45) is 5.73 Å². The zero-order valence-electron chi connectivity index (χ0n) is 11.0. The lowest BCUT2D eigenvalue weighted by Gasteiger charge is -2.14. The van der Waals surface area contributed by atoms with Gasteiger partial charge in [0, 0.05) is 18.6 Å². The van der Waals surface area contributed by atoms with Gasteiger partial charge in [-0.15, -0.1) is 0 Å². The molecule has 0 saturated heterocycles. The number of carbonyl (C=O) groups is 1. The maximum atomic E-state index is 11.9. The Kier molecular flexibility index (Phi) is 3.91. The van der Waals surface area contributed by atoms with Crippen molar-refractivity contribution in [1.82, 2.24) is 14.5 Å². The van der Waals surface area contributed by atoms with Crippen molar-refractivity contribution >= 4 is 11.6 Å². The Morgan fingerprint density at radius 1 is 1.47 bits per heavy atom. The molecule has 0 spiro atoms. The van der Waals surface area contributed by atoms with Crippen LogP contribution in [0.2, 0.25) is 0 Å². The smallest absolute Gasteiger partial charge is 0.241 e. The number of hydrogen-bond donors (Lipinski definition) is 2. The van der Waals surface area contributed by atoms with E-state index in [1.165, 1.54) is 0 Å². The summed E-state index contributed by atoms with van der Waals surface area (Å²) in [5.74, 6) is 1.22. The Morgan fingerprint density at radius 3 is 2.89 bits per heavy atom. The van der Waals surface area contributed by atoms with Crippen LogP contribution in [0.15, 0.2) is 30.7 Å². The highest BCUT2D eigenvalue weighted by atomic mass is 16.2. The van der Waals surface area contributed by atoms with Gasteiger partial charge < -0.3 is 11.1 Å². The molecule has 2 heterocycles. The molecule has 6 heteroatoms. The summed E-state index contributed by atoms with van der Waals surface area (Å²) in [4.78, 5) is 20.3. The molecule has 1 atom stereocenters. The van der Waals surface area contributed by atoms with Gasteiger partial charge in [0.1, 0.15) is 5.82 Å². The fraction of sp³-hybridized carbons (Fsp3) is 0.308. The van der Waals surface area contributed by atoms with Gasteiger partial charge in [0.2, 0.25) is 5.91 Å². The lowest BCUT2D eigenvalue weighted by Crippen LogP contribution is -2.35. The van der Waals surface area contributed by atoms with Crippen molar-refractivity contribution < 1.29 is 4.79 Å². The first-order valence-corrected chi connectivity index (χ1v) is 6.15. The second-order valence-electron chi connectivity index (χ2n) is 4.22. The van der Waals surface area contributed by atoms with E-state index < -0.39 is 6.04 Å². The van der Waals surface area contributed by atoms with Gasteiger partial charge in [-0.05, 0) is 25.5 Å². The third-order valence-electron chi connectivity index (χ3n) is 2.88. The van der Waals surface area contributed by atoms with Crippen LogP contribution in [0.1, 0.15) is 19.2 Å². The number of imidazole rings is 1. The number of nitrogens with one attached hydrogen (secondary N) is 1. The summed E-state index contributed by atoms with van der Waals surface area (Å²) in [7, 11) is 0. The average Bonchev–Trinajstić information content (AvgIpc) is 2.84. The van der Waals surface area contributed by atoms with Crippen molar-refractivity contribution in [3.05, 3.63) is 36.5 Å². The maximum absolute atomic E-state index is 11.9. The van der Waals surface area contributed by atoms with Gasteiger partial charge in [-0.1, -0.05) is 6.92 Å². The summed E-state index contributed by atoms with van der Waals surface area (Å²) in [6.07, 6.45) is 5.75. The molecule has 3 N–H and O–H groups in total. The van der Waals surface area contributed by atoms with Crippen LogP contribution in [-0.2, 0) is 4.79 Å². The van der Waals surface area contributed by atoms with Crippen LogP contribution in [-0.4, -0.2) is 26.5 Å². The molecule has 0 aliphatic carbocycles. The fourth-order valence-electron chi connectivity index (χ4n) is 1.70. The molecule has 0 fully saturated rings. The Hall–Kier alpha value is -2.21. The van der Waals surface area contributed by atoms with Gasteiger partial charge in [-0.2, -0.15) is 0 Å². The minimum absolute atomic E-state index is 0.213. The first kappa shape index (κ1) is 13.2. The zero-order valence-corrected chi connectivity index (χ0v) is 11.0. The summed E-state index contributed by atoms with van der Waals surface area (Å²) in [5, 5.41) is 2.80. The molecule has 2 rings (SSSR count). The zero-order chi connectivity index (χ0) is 13.8. The fourth-order valence-corrected chi connectivity index (χ4v) is 1.70. The predicted molar refractivity (Wildman–Crippen MR) is 73.0 cm³/mol. The number of aromatic nitrogens is 3. The molecule has 0 aliphatic rings. The predicted octanol–water partition coefficient (Wildman–Crippen LogP) is 1.25. The molecule has 0 aliphatic heterocycles. The van der Waals surface area contributed by atoms with E-state index in [4.69, 9.17) is 5.73 Å². The SMILES string of the molecule is CC[C@H](N)C(=O)Nc1cccnc1-n1ccnc1C. The van der Waals surface area contributed by atoms with Crippen LogP contribution < -0.4 is 11.1 Å². The molecule has 0 saturated carbocycles. The van der Waals surface area contributed by atoms with Gasteiger partial charge in [0.15, 0.2) is 5.82 Å². The minimum atomic E-state index is -0.517. The lowest BCUT2D eigenvalue weighted by atomic mass is 10.2. The van der Waals surface area contributed by atoms with Crippen LogP contribution in [0.5, 0.6) is 0 Å². The number of anilines is 1. The molecule has 100 valence electrons. The summed E-state index contributed by atoms with van der Waals surface area (Å²) < 4.78 is 1.81. The van der Waals surface area contributed by atoms with Crippen LogP contribution in [0.3, 0.4) is 0 Å². The second-order valence-corrected chi connectivity index (χ2v) is 4.22. The number of rotatable bonds is 4. The summed E-state index contributed by atoms with van der Waals surface area (Å²) >= 11 is 0. The molecule has 19 heavy (non-hydrogen) atoms. The number of nitrogens with zero attached hydrogens (tertiary/aromatic N) is 3. The largest absolute Gasteiger partial charge is 0.322 e. The molecular weight excluding hydrogens is 242 g/mol. The standard InChI is InChI=1S/C13H17N5O/c1-3-10(14)13(19)17-11-5-4-6-16-12(11)18-8-7-15-9(18)2/h4-8,10H,3,14H2,1-2H3,(H,17,19)/t10-/m0/s1. The van der Waals surface area contributed by atoms with E-state index in [9.17, 15) is 4.79 Å². The normalized spacial score (nSPS) is 12.2. The monoisotopic (exact) mass is 259 g/mol. The lowest BCUT2D eigenvalue weighted by molar-refractivity contribution is -0.117. The topological polar surface area (TPSA) is 85.8 Å². The summed E-state index contributed by atoms with van der Waals surface area (Å²) in [6.45, 7) is 3.74. The highest BCUT2D eigenvalue weighted by Gasteiger charge is 2.14. The highest BCUT2D eigenvalue weighted by Crippen LogP contribution is 2.18. The van der Waals surface area contributed by atoms with E-state index in [0.717, 1.165) is 5.82 Å². The van der Waals surface area contributed by atoms with Crippen LogP contribution in [0.4, 0.5) is 5.69 Å². The molecule has 0 bridgehead atoms. The van der Waals surface area contributed by atoms with Crippen molar-refractivity contribution in [3.8, 4) is 5.82 Å². The van der Waals surface area contributed by atoms with Gasteiger partial charge in [0.05, 0.1) is 11.7 Å². The first-order chi connectivity index (χ1) is 9.13. The van der Waals surface area contributed by atoms with Crippen LogP contribution >= 0.6 is 0 Å². The van der Waals surface area contributed by atoms with E-state index >= 15 is 0 Å². The molecule has 0 radical (unpaired) electrons. The van der Waals surface area contributed by atoms with Crippen molar-refractivity contribution in [2.45, 2.75) is 26.3 Å². The quantitative estimate of drug-likeness (QED) is 0.865. The molecule has 1 amide bonds. The van der Waals surface area contributed by atoms with Gasteiger partial charge in [-0.25, -0.2) is 9.97 Å². The van der Waals surface area contributed by atoms with Crippen LogP contribution in [0.25, 0.3) is 5.82 Å². The average molecular weight is 259 g/mol. The molecule has 2 aromatic rings. The number of carbonyl (C=O) groups excluding carboxylic acids is 1. The number of aryl methyl sites for hydroxylation is 1. The van der Waals surface area contributed by atoms with Crippen molar-refractivity contribution in [2.75, 3.05) is 5.32 Å². The summed E-state index contributed by atoms with van der Waals surface area (Å²) in [5.41, 5.74) is 6.33. The molecule has 2 aromatic heterocycles. The third kappa shape index (κ3) is 2.79. The second kappa shape index (κ2) is 5.62. The molecular formula is C13H17N5O. The Labute approximate surface area is 111 Å². The Morgan fingerprint density at radius 2 is 2.26 bits per heavy atom. The third-order valence-corrected chi connectivity index (χ3v) is 2.88. The first-order valence-electron chi connectivity index (χ1n) is 6.15. The van der Waals surface area contributed by atoms with E-state index in [2.05, 4.69) is 15.3 Å². The van der Waals surface area contributed by atoms with Gasteiger partial charge in [-0.3, -0.25) is 9.36 Å². The number of hydrogen-bond acceptors (Lipinski definition) is 4. The molecule has 6 nitrogen and oxygen atoms in total. The van der Waals surface area contributed by atoms with E-state index in [-0.39, 0.29) is 5.91 Å². The Balaban J connectivity index is 2.32. The summed E-state index contributed by atoms with van der Waals surface area (Å²) in [6, 6.07) is 3.04. The van der Waals surface area contributed by atoms with E-state index in [1.807, 2.05) is 18.4 Å². The Bertz CT molecular complexity index is 578. The molecule has 0 aromatic carbocycles. The molecule has 0 unspecified atom stereocenters. The number of nitrogens with two attached hydrogens (primary N) is 1. The number of pyridine rings is 1. The maximum Gasteiger partial charge on any atom is 0.241 e. The van der Waals surface area contributed by atoms with Crippen molar-refractivity contribution in [3.63, 3.8) is 0 Å². The van der Waals surface area contributed by atoms with Gasteiger partial charge in [0.25, 0.3) is 0 Å². The van der Waals surface area contributed by atoms with E-state index in [1.54, 1.807) is 30.7 Å². The van der Waals surface area contributed by atoms with E-state index in [0.29, 0.717) is 17.9 Å².